The lowest BCUT2D eigenvalue weighted by atomic mass is 9.96. The summed E-state index contributed by atoms with van der Waals surface area (Å²) in [5.74, 6) is 1.05. The van der Waals surface area contributed by atoms with E-state index in [9.17, 15) is 0 Å². The molecule has 0 spiro atoms. The zero-order chi connectivity index (χ0) is 53.1. The standard InChI is InChI=1S/C67H111NOP2Si3/c1-11-20-50-72(51-21-12-2,52-22-13-3)63-44-38-60(39-45-63)70(61-40-46-64(47-41-61)73(53-23-14-4,54-24-15-5)55-25-16-6)68(59-34-30-29-31-35-59)71(67-37-33-32-36-66(67)69-10)62-42-48-65(49-43-62)74(56-26-17-7,57-27-18-8)58-28-19-9/h32-33,36-49,59H,11-31,34-35,50-58H2,1-10H3. The van der Waals surface area contributed by atoms with Crippen LogP contribution < -0.4 is 41.5 Å². The van der Waals surface area contributed by atoms with E-state index in [1.807, 2.05) is 7.11 Å². The van der Waals surface area contributed by atoms with Crippen LogP contribution in [0.15, 0.2) is 97.1 Å². The van der Waals surface area contributed by atoms with Crippen molar-refractivity contribution in [3.05, 3.63) is 97.1 Å². The SMILES string of the molecule is CCCC[Si](CCCC)(CCCC)c1ccc(P(c2ccc([Si](CCCC)(CCCC)CCCC)cc2)N(C2CCCCC2)P(c2ccc([Si](CCCC)(CCCC)CCCC)cc2)c2ccccc2OC)cc1. The van der Waals surface area contributed by atoms with Gasteiger partial charge in [0, 0.05) is 27.5 Å². The summed E-state index contributed by atoms with van der Waals surface area (Å²) in [4.78, 5) is 0. The molecule has 0 heterocycles. The Hall–Kier alpha value is -1.85. The summed E-state index contributed by atoms with van der Waals surface area (Å²) in [5, 5.41) is 11.2. The fourth-order valence-corrected chi connectivity index (χ4v) is 36.4. The summed E-state index contributed by atoms with van der Waals surface area (Å²) < 4.78 is 9.71. The third-order valence-corrected chi connectivity index (χ3v) is 40.1. The number of rotatable bonds is 38. The molecule has 1 atom stereocenters. The average molecular weight is 1090 g/mol. The molecular weight excluding hydrogens is 981 g/mol. The molecule has 0 bridgehead atoms. The van der Waals surface area contributed by atoms with E-state index >= 15 is 0 Å². The third-order valence-electron chi connectivity index (χ3n) is 17.9. The van der Waals surface area contributed by atoms with E-state index in [-0.39, 0.29) is 0 Å². The average Bonchev–Trinajstić information content (AvgIpc) is 3.45. The molecule has 4 aromatic rings. The highest BCUT2D eigenvalue weighted by Crippen LogP contribution is 2.59. The molecule has 1 fully saturated rings. The second kappa shape index (κ2) is 34.2. The van der Waals surface area contributed by atoms with Crippen molar-refractivity contribution >= 4 is 77.1 Å². The van der Waals surface area contributed by atoms with Gasteiger partial charge in [-0.25, -0.2) is 4.44 Å². The minimum Gasteiger partial charge on any atom is -0.496 e. The lowest BCUT2D eigenvalue weighted by molar-refractivity contribution is 0.355. The normalized spacial score (nSPS) is 14.3. The van der Waals surface area contributed by atoms with Gasteiger partial charge in [0.15, 0.2) is 0 Å². The maximum Gasteiger partial charge on any atom is 0.128 e. The molecule has 412 valence electrons. The number of hydrogen-bond donors (Lipinski definition) is 0. The van der Waals surface area contributed by atoms with Crippen molar-refractivity contribution in [3.63, 3.8) is 0 Å². The Balaban J connectivity index is 1.83. The molecule has 0 amide bonds. The van der Waals surface area contributed by atoms with Crippen molar-refractivity contribution in [2.24, 2.45) is 0 Å². The Morgan fingerprint density at radius 1 is 0.378 bits per heavy atom. The molecule has 7 heteroatoms. The van der Waals surface area contributed by atoms with Crippen LogP contribution in [0.3, 0.4) is 0 Å². The molecule has 0 aromatic heterocycles. The van der Waals surface area contributed by atoms with E-state index in [0.29, 0.717) is 6.04 Å². The zero-order valence-corrected chi connectivity index (χ0v) is 54.5. The number of benzene rings is 4. The van der Waals surface area contributed by atoms with Crippen LogP contribution in [0.2, 0.25) is 54.4 Å². The highest BCUT2D eigenvalue weighted by molar-refractivity contribution is 7.84. The summed E-state index contributed by atoms with van der Waals surface area (Å²) in [5.41, 5.74) is 0. The Morgan fingerprint density at radius 2 is 0.662 bits per heavy atom. The third kappa shape index (κ3) is 17.1. The van der Waals surface area contributed by atoms with Gasteiger partial charge in [-0.2, -0.15) is 0 Å². The quantitative estimate of drug-likeness (QED) is 0.0328. The minimum atomic E-state index is -1.69. The van der Waals surface area contributed by atoms with Gasteiger partial charge in [0.25, 0.3) is 0 Å². The molecule has 4 aromatic carbocycles. The number of para-hydroxylation sites is 1. The van der Waals surface area contributed by atoms with Gasteiger partial charge < -0.3 is 4.74 Å². The maximum absolute atomic E-state index is 6.50. The van der Waals surface area contributed by atoms with Crippen molar-refractivity contribution in [1.82, 2.24) is 4.44 Å². The smallest absolute Gasteiger partial charge is 0.128 e. The van der Waals surface area contributed by atoms with Crippen molar-refractivity contribution in [2.45, 2.75) is 270 Å². The Morgan fingerprint density at radius 3 is 0.946 bits per heavy atom. The fraction of sp³-hybridized carbons (Fsp3) is 0.642. The molecule has 0 N–H and O–H groups in total. The second-order valence-corrected chi connectivity index (χ2v) is 41.7. The highest BCUT2D eigenvalue weighted by Gasteiger charge is 2.41. The van der Waals surface area contributed by atoms with Crippen LogP contribution in [-0.2, 0) is 0 Å². The molecule has 1 unspecified atom stereocenters. The second-order valence-electron chi connectivity index (χ2n) is 23.3. The Labute approximate surface area is 463 Å². The van der Waals surface area contributed by atoms with Crippen molar-refractivity contribution in [1.29, 1.82) is 0 Å². The van der Waals surface area contributed by atoms with E-state index in [2.05, 4.69) is 164 Å². The Bertz CT molecular complexity index is 1950. The van der Waals surface area contributed by atoms with Crippen LogP contribution in [0, 0.1) is 0 Å². The van der Waals surface area contributed by atoms with Gasteiger partial charge in [-0.3, -0.25) is 0 Å². The summed E-state index contributed by atoms with van der Waals surface area (Å²) in [6, 6.07) is 55.1. The van der Waals surface area contributed by atoms with E-state index in [1.54, 1.807) is 26.2 Å². The molecule has 1 aliphatic carbocycles. The number of ether oxygens (including phenoxy) is 1. The van der Waals surface area contributed by atoms with Gasteiger partial charge >= 0.3 is 0 Å². The van der Waals surface area contributed by atoms with Crippen LogP contribution in [0.1, 0.15) is 210 Å². The van der Waals surface area contributed by atoms with Crippen molar-refractivity contribution in [2.75, 3.05) is 7.11 Å². The molecule has 0 saturated heterocycles. The molecule has 2 nitrogen and oxygen atoms in total. The van der Waals surface area contributed by atoms with Crippen LogP contribution >= 0.6 is 16.1 Å². The first kappa shape index (κ1) is 63.0. The van der Waals surface area contributed by atoms with Gasteiger partial charge in [0.2, 0.25) is 0 Å². The predicted octanol–water partition coefficient (Wildman–Crippen LogP) is 18.9. The van der Waals surface area contributed by atoms with Gasteiger partial charge in [-0.1, -0.05) is 352 Å². The van der Waals surface area contributed by atoms with Gasteiger partial charge in [-0.15, -0.1) is 0 Å². The first-order chi connectivity index (χ1) is 36.2. The molecular formula is C67H111NOP2Si3. The first-order valence-corrected chi connectivity index (χ1v) is 42.0. The maximum atomic E-state index is 6.50. The van der Waals surface area contributed by atoms with Crippen LogP contribution in [0.4, 0.5) is 0 Å². The highest BCUT2D eigenvalue weighted by atomic mass is 31.2. The molecule has 1 saturated carbocycles. The number of unbranched alkanes of at least 4 members (excludes halogenated alkanes) is 9. The van der Waals surface area contributed by atoms with Crippen LogP contribution in [0.5, 0.6) is 5.75 Å². The minimum absolute atomic E-state index is 0.497. The van der Waals surface area contributed by atoms with Gasteiger partial charge in [-0.05, 0) is 40.9 Å². The number of methoxy groups -OCH3 is 1. The van der Waals surface area contributed by atoms with Crippen LogP contribution in [0.25, 0.3) is 0 Å². The van der Waals surface area contributed by atoms with Gasteiger partial charge in [0.05, 0.1) is 31.3 Å². The lowest BCUT2D eigenvalue weighted by Crippen LogP contribution is -2.48. The van der Waals surface area contributed by atoms with Crippen molar-refractivity contribution < 1.29 is 4.74 Å². The number of hydrogen-bond acceptors (Lipinski definition) is 2. The lowest BCUT2D eigenvalue weighted by Gasteiger charge is -2.46. The monoisotopic (exact) mass is 1090 g/mol. The van der Waals surface area contributed by atoms with Crippen LogP contribution in [-0.4, -0.2) is 41.8 Å². The fourth-order valence-electron chi connectivity index (χ4n) is 13.2. The summed E-state index contributed by atoms with van der Waals surface area (Å²) >= 11 is 0. The van der Waals surface area contributed by atoms with E-state index in [4.69, 9.17) is 4.74 Å². The number of nitrogens with zero attached hydrogens (tertiary/aromatic N) is 1. The zero-order valence-electron chi connectivity index (χ0n) is 49.7. The Kier molecular flexibility index (Phi) is 29.1. The first-order valence-electron chi connectivity index (χ1n) is 31.6. The summed E-state index contributed by atoms with van der Waals surface area (Å²) in [6.07, 6.45) is 30.5. The predicted molar refractivity (Wildman–Crippen MR) is 347 cm³/mol. The summed E-state index contributed by atoms with van der Waals surface area (Å²) in [6.45, 7) is 21.7. The molecule has 74 heavy (non-hydrogen) atoms. The molecule has 0 aliphatic heterocycles. The topological polar surface area (TPSA) is 12.5 Å². The largest absolute Gasteiger partial charge is 0.496 e. The van der Waals surface area contributed by atoms with Crippen molar-refractivity contribution in [3.8, 4) is 5.75 Å². The van der Waals surface area contributed by atoms with E-state index in [1.165, 1.54) is 213 Å². The van der Waals surface area contributed by atoms with E-state index in [0.717, 1.165) is 5.75 Å². The molecule has 0 radical (unpaired) electrons. The van der Waals surface area contributed by atoms with E-state index < -0.39 is 40.4 Å². The summed E-state index contributed by atoms with van der Waals surface area (Å²) in [7, 11) is -5.03. The molecule has 5 rings (SSSR count). The van der Waals surface area contributed by atoms with Gasteiger partial charge in [0.1, 0.15) is 5.75 Å². The molecule has 1 aliphatic rings.